The predicted molar refractivity (Wildman–Crippen MR) is 65.1 cm³/mol. The minimum Gasteiger partial charge on any atom is -0.222 e. The van der Waals surface area contributed by atoms with Crippen LogP contribution in [-0.2, 0) is 0 Å². The van der Waals surface area contributed by atoms with Gasteiger partial charge in [0, 0.05) is 0 Å². The summed E-state index contributed by atoms with van der Waals surface area (Å²) in [5.41, 5.74) is 0. The molecule has 1 heterocycles. The van der Waals surface area contributed by atoms with E-state index in [-0.39, 0.29) is 10.3 Å². The van der Waals surface area contributed by atoms with E-state index >= 15 is 0 Å². The molecule has 0 fully saturated rings. The van der Waals surface area contributed by atoms with Crippen molar-refractivity contribution in [3.8, 4) is 0 Å². The summed E-state index contributed by atoms with van der Waals surface area (Å²) >= 11 is 39.6. The molecular weight excluding hydrogens is 336 g/mol. The van der Waals surface area contributed by atoms with Gasteiger partial charge in [0.25, 0.3) is 5.12 Å². The monoisotopic (exact) mass is 334 g/mol. The summed E-state index contributed by atoms with van der Waals surface area (Å²) in [5, 5.41) is -1.99. The molecule has 0 amide bonds. The van der Waals surface area contributed by atoms with Crippen LogP contribution in [0.4, 0.5) is 0 Å². The average Bonchev–Trinajstić information content (AvgIpc) is 2.27. The van der Waals surface area contributed by atoms with Crippen molar-refractivity contribution >= 4 is 91.5 Å². The molecule has 0 atom stereocenters. The molecule has 14 heavy (non-hydrogen) atoms. The highest BCUT2D eigenvalue weighted by molar-refractivity contribution is 7.01. The van der Waals surface area contributed by atoms with Gasteiger partial charge in [0.05, 0.1) is 0 Å². The van der Waals surface area contributed by atoms with E-state index in [4.69, 9.17) is 81.2 Å². The standard InChI is InChI=1S/C5HCl7N2/c6-1-2(7)14-5(12,13-1)4(10,11)3(8)9/h3H. The van der Waals surface area contributed by atoms with Crippen LogP contribution >= 0.6 is 81.2 Å². The third-order valence-corrected chi connectivity index (χ3v) is 4.71. The normalized spacial score (nSPS) is 21.1. The van der Waals surface area contributed by atoms with Crippen molar-refractivity contribution in [2.24, 2.45) is 9.98 Å². The van der Waals surface area contributed by atoms with Crippen LogP contribution in [0.15, 0.2) is 9.98 Å². The number of hydrogen-bond donors (Lipinski definition) is 0. The molecule has 0 spiro atoms. The lowest BCUT2D eigenvalue weighted by atomic mass is 10.3. The van der Waals surface area contributed by atoms with Crippen LogP contribution in [0.3, 0.4) is 0 Å². The Morgan fingerprint density at radius 2 is 1.43 bits per heavy atom. The van der Waals surface area contributed by atoms with Crippen molar-refractivity contribution in [2.45, 2.75) is 14.3 Å². The highest BCUT2D eigenvalue weighted by atomic mass is 35.5. The Balaban J connectivity index is 3.12. The van der Waals surface area contributed by atoms with E-state index in [1.54, 1.807) is 0 Å². The zero-order chi connectivity index (χ0) is 11.1. The van der Waals surface area contributed by atoms with Crippen molar-refractivity contribution in [2.75, 3.05) is 0 Å². The molecule has 1 rings (SSSR count). The van der Waals surface area contributed by atoms with Crippen LogP contribution in [0, 0.1) is 0 Å². The molecule has 0 aliphatic carbocycles. The second-order valence-corrected chi connectivity index (χ2v) is 6.04. The zero-order valence-corrected chi connectivity index (χ0v) is 11.4. The fourth-order valence-electron chi connectivity index (χ4n) is 0.665. The molecule has 0 aromatic heterocycles. The molecule has 0 aromatic carbocycles. The van der Waals surface area contributed by atoms with Gasteiger partial charge in [0.15, 0.2) is 10.3 Å². The topological polar surface area (TPSA) is 24.7 Å². The predicted octanol–water partition coefficient (Wildman–Crippen LogP) is 4.14. The van der Waals surface area contributed by atoms with Crippen molar-refractivity contribution in [3.63, 3.8) is 0 Å². The number of nitrogens with zero attached hydrogens (tertiary/aromatic N) is 2. The quantitative estimate of drug-likeness (QED) is 0.534. The van der Waals surface area contributed by atoms with Crippen LogP contribution in [0.5, 0.6) is 0 Å². The molecule has 0 bridgehead atoms. The molecule has 0 saturated carbocycles. The summed E-state index contributed by atoms with van der Waals surface area (Å²) in [5.74, 6) is 0. The molecule has 0 saturated heterocycles. The zero-order valence-electron chi connectivity index (χ0n) is 6.12. The summed E-state index contributed by atoms with van der Waals surface area (Å²) in [4.78, 5) is 6.14. The Kier molecular flexibility index (Phi) is 4.15. The van der Waals surface area contributed by atoms with Gasteiger partial charge in [-0.05, 0) is 0 Å². The lowest BCUT2D eigenvalue weighted by Crippen LogP contribution is -2.42. The molecule has 0 radical (unpaired) electrons. The number of aliphatic imine (C=N–C) groups is 2. The van der Waals surface area contributed by atoms with Crippen LogP contribution in [0.1, 0.15) is 0 Å². The van der Waals surface area contributed by atoms with E-state index in [1.165, 1.54) is 0 Å². The van der Waals surface area contributed by atoms with Gasteiger partial charge in [-0.3, -0.25) is 0 Å². The number of alkyl halides is 5. The van der Waals surface area contributed by atoms with Gasteiger partial charge in [0.2, 0.25) is 4.33 Å². The summed E-state index contributed by atoms with van der Waals surface area (Å²) < 4.78 is -1.82. The van der Waals surface area contributed by atoms with E-state index in [0.29, 0.717) is 0 Å². The Morgan fingerprint density at radius 3 is 1.71 bits per heavy atom. The molecule has 0 N–H and O–H groups in total. The van der Waals surface area contributed by atoms with Crippen LogP contribution in [0.2, 0.25) is 0 Å². The first-order valence-electron chi connectivity index (χ1n) is 3.06. The van der Waals surface area contributed by atoms with Crippen LogP contribution in [-0.4, -0.2) is 24.6 Å². The maximum Gasteiger partial charge on any atom is 0.264 e. The SMILES string of the molecule is ClC1=NC(Cl)(C(Cl)(Cl)C(Cl)Cl)N=C1Cl. The molecule has 9 heteroatoms. The Hall–Kier alpha value is 1.37. The third kappa shape index (κ3) is 2.22. The fourth-order valence-corrected chi connectivity index (χ4v) is 1.94. The first-order chi connectivity index (χ1) is 6.21. The largest absolute Gasteiger partial charge is 0.264 e. The molecule has 1 aliphatic heterocycles. The molecule has 0 unspecified atom stereocenters. The number of hydrogen-bond acceptors (Lipinski definition) is 2. The smallest absolute Gasteiger partial charge is 0.222 e. The first-order valence-corrected chi connectivity index (χ1v) is 5.83. The van der Waals surface area contributed by atoms with Gasteiger partial charge < -0.3 is 0 Å². The molecule has 0 aromatic rings. The Bertz CT molecular complexity index is 289. The van der Waals surface area contributed by atoms with E-state index in [9.17, 15) is 0 Å². The van der Waals surface area contributed by atoms with Crippen LogP contribution < -0.4 is 0 Å². The van der Waals surface area contributed by atoms with E-state index < -0.39 is 14.3 Å². The van der Waals surface area contributed by atoms with Gasteiger partial charge in [0.1, 0.15) is 4.84 Å². The Labute approximate surface area is 115 Å². The minimum atomic E-state index is -1.82. The molecule has 1 aliphatic rings. The van der Waals surface area contributed by atoms with Gasteiger partial charge in [-0.15, -0.1) is 23.2 Å². The average molecular weight is 337 g/mol. The molecule has 2 nitrogen and oxygen atoms in total. The second kappa shape index (κ2) is 4.33. The lowest BCUT2D eigenvalue weighted by Gasteiger charge is -2.29. The Morgan fingerprint density at radius 1 is 1.07 bits per heavy atom. The summed E-state index contributed by atoms with van der Waals surface area (Å²) in [6.07, 6.45) is 0. The maximum absolute atomic E-state index is 5.87. The van der Waals surface area contributed by atoms with E-state index in [2.05, 4.69) is 9.98 Å². The first kappa shape index (κ1) is 13.4. The lowest BCUT2D eigenvalue weighted by molar-refractivity contribution is 0.578. The van der Waals surface area contributed by atoms with Crippen molar-refractivity contribution in [3.05, 3.63) is 0 Å². The summed E-state index contributed by atoms with van der Waals surface area (Å²) in [6, 6.07) is 0. The minimum absolute atomic E-state index is 0.0960. The van der Waals surface area contributed by atoms with Crippen molar-refractivity contribution in [1.29, 1.82) is 0 Å². The summed E-state index contributed by atoms with van der Waals surface area (Å²) in [7, 11) is 0. The van der Waals surface area contributed by atoms with Gasteiger partial charge in [-0.1, -0.05) is 58.0 Å². The third-order valence-electron chi connectivity index (χ3n) is 1.36. The highest BCUT2D eigenvalue weighted by Gasteiger charge is 2.56. The van der Waals surface area contributed by atoms with Gasteiger partial charge in [-0.25, -0.2) is 9.98 Å². The summed E-state index contributed by atoms with van der Waals surface area (Å²) in [6.45, 7) is 0. The van der Waals surface area contributed by atoms with Gasteiger partial charge in [-0.2, -0.15) is 0 Å². The fraction of sp³-hybridized carbons (Fsp3) is 0.600. The molecular formula is C5HCl7N2. The highest BCUT2D eigenvalue weighted by Crippen LogP contribution is 2.49. The van der Waals surface area contributed by atoms with E-state index in [0.717, 1.165) is 0 Å². The van der Waals surface area contributed by atoms with Crippen LogP contribution in [0.25, 0.3) is 0 Å². The maximum atomic E-state index is 5.87. The number of rotatable bonds is 2. The van der Waals surface area contributed by atoms with Crippen molar-refractivity contribution in [1.82, 2.24) is 0 Å². The van der Waals surface area contributed by atoms with Gasteiger partial charge >= 0.3 is 0 Å². The second-order valence-electron chi connectivity index (χ2n) is 2.32. The van der Waals surface area contributed by atoms with Crippen molar-refractivity contribution < 1.29 is 0 Å². The number of halogens is 7. The molecule has 80 valence electrons. The van der Waals surface area contributed by atoms with E-state index in [1.807, 2.05) is 0 Å².